The monoisotopic (exact) mass is 362 g/mol. The predicted molar refractivity (Wildman–Crippen MR) is 96.0 cm³/mol. The third-order valence-corrected chi connectivity index (χ3v) is 4.69. The number of ether oxygens (including phenoxy) is 2. The molecule has 6 nitrogen and oxygen atoms in total. The Bertz CT molecular complexity index is 670. The summed E-state index contributed by atoms with van der Waals surface area (Å²) in [6, 6.07) is 0. The molecule has 26 heavy (non-hydrogen) atoms. The van der Waals surface area contributed by atoms with E-state index in [0.717, 1.165) is 24.0 Å². The fourth-order valence-electron chi connectivity index (χ4n) is 3.27. The van der Waals surface area contributed by atoms with E-state index in [1.807, 2.05) is 19.9 Å². The number of allylic oxidation sites excluding steroid dienone is 2. The zero-order valence-corrected chi connectivity index (χ0v) is 15.2. The number of hydrogen-bond donors (Lipinski definition) is 2. The van der Waals surface area contributed by atoms with Crippen molar-refractivity contribution in [1.82, 2.24) is 0 Å². The summed E-state index contributed by atoms with van der Waals surface area (Å²) in [4.78, 5) is 24.4. The molecule has 3 atom stereocenters. The van der Waals surface area contributed by atoms with E-state index in [1.165, 1.54) is 6.08 Å². The van der Waals surface area contributed by atoms with Gasteiger partial charge in [-0.15, -0.1) is 0 Å². The van der Waals surface area contributed by atoms with Crippen LogP contribution in [-0.2, 0) is 19.1 Å². The van der Waals surface area contributed by atoms with Crippen LogP contribution in [0, 0.1) is 5.92 Å². The topological polar surface area (TPSA) is 93.1 Å². The van der Waals surface area contributed by atoms with Gasteiger partial charge in [0.25, 0.3) is 0 Å². The van der Waals surface area contributed by atoms with E-state index in [-0.39, 0.29) is 17.8 Å². The van der Waals surface area contributed by atoms with Crippen molar-refractivity contribution in [3.63, 3.8) is 0 Å². The van der Waals surface area contributed by atoms with Crippen molar-refractivity contribution < 1.29 is 29.3 Å². The zero-order valence-electron chi connectivity index (χ0n) is 15.2. The second-order valence-electron chi connectivity index (χ2n) is 6.74. The van der Waals surface area contributed by atoms with Crippen LogP contribution >= 0.6 is 0 Å². The molecule has 6 heteroatoms. The Kier molecular flexibility index (Phi) is 6.94. The van der Waals surface area contributed by atoms with Gasteiger partial charge in [-0.3, -0.25) is 0 Å². The Morgan fingerprint density at radius 2 is 2.12 bits per heavy atom. The maximum Gasteiger partial charge on any atom is 0.336 e. The second-order valence-corrected chi connectivity index (χ2v) is 6.74. The standard InChI is InChI=1S/C20H26O6/c1-12-5-4-6-13(2)10-17(26-20(24)15(11-22)7-8-21)18-14(3)19(23)25-16(18)9-12/h5,7,10,16-18,21-22H,3-4,6,8-9,11H2,1-2H3/b12-5+,13-10+,15-7+/t16-,17-,18+/m0/s1. The molecule has 2 aliphatic rings. The maximum absolute atomic E-state index is 12.4. The van der Waals surface area contributed by atoms with Crippen molar-refractivity contribution in [2.45, 2.75) is 45.3 Å². The molecule has 0 aromatic rings. The van der Waals surface area contributed by atoms with Crippen LogP contribution < -0.4 is 0 Å². The van der Waals surface area contributed by atoms with Gasteiger partial charge in [0.05, 0.1) is 24.7 Å². The van der Waals surface area contributed by atoms with Gasteiger partial charge in [0.2, 0.25) is 0 Å². The molecule has 0 amide bonds. The molecule has 0 unspecified atom stereocenters. The number of hydrogen-bond acceptors (Lipinski definition) is 6. The third kappa shape index (κ3) is 4.71. The molecule has 1 aliphatic carbocycles. The van der Waals surface area contributed by atoms with Crippen LogP contribution in [0.25, 0.3) is 0 Å². The summed E-state index contributed by atoms with van der Waals surface area (Å²) in [5.74, 6) is -1.70. The smallest absolute Gasteiger partial charge is 0.336 e. The molecule has 2 N–H and O–H groups in total. The third-order valence-electron chi connectivity index (χ3n) is 4.69. The molecule has 1 aliphatic heterocycles. The van der Waals surface area contributed by atoms with Gasteiger partial charge in [0.15, 0.2) is 0 Å². The van der Waals surface area contributed by atoms with Crippen LogP contribution in [-0.4, -0.2) is 47.6 Å². The lowest BCUT2D eigenvalue weighted by atomic mass is 9.85. The summed E-state index contributed by atoms with van der Waals surface area (Å²) in [6.45, 7) is 6.85. The van der Waals surface area contributed by atoms with Crippen LogP contribution in [0.15, 0.2) is 47.1 Å². The molecule has 1 heterocycles. The minimum atomic E-state index is -0.731. The maximum atomic E-state index is 12.4. The van der Waals surface area contributed by atoms with Gasteiger partial charge < -0.3 is 19.7 Å². The molecule has 0 aromatic carbocycles. The number of aliphatic hydroxyl groups is 2. The quantitative estimate of drug-likeness (QED) is 0.451. The molecule has 142 valence electrons. The normalized spacial score (nSPS) is 31.2. The fourth-order valence-corrected chi connectivity index (χ4v) is 3.27. The number of fused-ring (bicyclic) bond motifs is 1. The Morgan fingerprint density at radius 3 is 2.77 bits per heavy atom. The summed E-state index contributed by atoms with van der Waals surface area (Å²) < 4.78 is 11.1. The van der Waals surface area contributed by atoms with E-state index >= 15 is 0 Å². The van der Waals surface area contributed by atoms with E-state index in [4.69, 9.17) is 14.6 Å². The SMILES string of the molecule is C=C1C(=O)O[C@H]2C/C(C)=C/CC/C(C)=C/[C@H](OC(=O)/C(=C/CO)CO)[C@H]12. The van der Waals surface area contributed by atoms with Crippen molar-refractivity contribution in [2.75, 3.05) is 13.2 Å². The molecular formula is C20H26O6. The first kappa shape index (κ1) is 20.1. The minimum absolute atomic E-state index is 0.0286. The first-order chi connectivity index (χ1) is 12.4. The Labute approximate surface area is 153 Å². The lowest BCUT2D eigenvalue weighted by Crippen LogP contribution is -2.33. The van der Waals surface area contributed by atoms with E-state index in [1.54, 1.807) is 0 Å². The number of carbonyl (C=O) groups is 2. The van der Waals surface area contributed by atoms with Crippen LogP contribution in [0.1, 0.15) is 33.1 Å². The van der Waals surface area contributed by atoms with Crippen LogP contribution in [0.4, 0.5) is 0 Å². The van der Waals surface area contributed by atoms with Gasteiger partial charge in [0.1, 0.15) is 12.2 Å². The highest BCUT2D eigenvalue weighted by molar-refractivity contribution is 5.92. The number of rotatable bonds is 4. The molecule has 1 fully saturated rings. The van der Waals surface area contributed by atoms with Crippen molar-refractivity contribution in [3.8, 4) is 0 Å². The summed E-state index contributed by atoms with van der Waals surface area (Å²) >= 11 is 0. The molecule has 0 spiro atoms. The average Bonchev–Trinajstić information content (AvgIpc) is 2.85. The molecule has 2 rings (SSSR count). The van der Waals surface area contributed by atoms with Gasteiger partial charge in [-0.2, -0.15) is 0 Å². The highest BCUT2D eigenvalue weighted by atomic mass is 16.6. The summed E-state index contributed by atoms with van der Waals surface area (Å²) in [5, 5.41) is 18.3. The number of carbonyl (C=O) groups excluding carboxylic acids is 2. The first-order valence-electron chi connectivity index (χ1n) is 8.71. The zero-order chi connectivity index (χ0) is 19.3. The van der Waals surface area contributed by atoms with Crippen molar-refractivity contribution in [1.29, 1.82) is 0 Å². The van der Waals surface area contributed by atoms with Crippen LogP contribution in [0.3, 0.4) is 0 Å². The number of aliphatic hydroxyl groups excluding tert-OH is 2. The molecule has 0 bridgehead atoms. The Hall–Kier alpha value is -2.18. The first-order valence-corrected chi connectivity index (χ1v) is 8.71. The van der Waals surface area contributed by atoms with Crippen molar-refractivity contribution in [2.24, 2.45) is 5.92 Å². The highest BCUT2D eigenvalue weighted by Gasteiger charge is 2.44. The molecule has 0 radical (unpaired) electrons. The summed E-state index contributed by atoms with van der Waals surface area (Å²) in [7, 11) is 0. The van der Waals surface area contributed by atoms with Gasteiger partial charge in [-0.05, 0) is 38.8 Å². The lowest BCUT2D eigenvalue weighted by molar-refractivity contribution is -0.145. The average molecular weight is 362 g/mol. The molecule has 0 saturated carbocycles. The molecular weight excluding hydrogens is 336 g/mol. The largest absolute Gasteiger partial charge is 0.458 e. The van der Waals surface area contributed by atoms with Gasteiger partial charge in [0, 0.05) is 12.0 Å². The second kappa shape index (κ2) is 8.96. The van der Waals surface area contributed by atoms with E-state index in [9.17, 15) is 14.7 Å². The fraction of sp³-hybridized carbons (Fsp3) is 0.500. The number of esters is 2. The molecule has 0 aromatic heterocycles. The minimum Gasteiger partial charge on any atom is -0.458 e. The van der Waals surface area contributed by atoms with Crippen molar-refractivity contribution >= 4 is 11.9 Å². The van der Waals surface area contributed by atoms with E-state index < -0.39 is 36.7 Å². The Morgan fingerprint density at radius 1 is 1.38 bits per heavy atom. The van der Waals surface area contributed by atoms with Gasteiger partial charge in [-0.25, -0.2) is 9.59 Å². The summed E-state index contributed by atoms with van der Waals surface area (Å²) in [5.41, 5.74) is 2.39. The lowest BCUT2D eigenvalue weighted by Gasteiger charge is -2.26. The summed E-state index contributed by atoms with van der Waals surface area (Å²) in [6.07, 6.45) is 6.19. The predicted octanol–water partition coefficient (Wildman–Crippen LogP) is 1.98. The molecule has 1 saturated heterocycles. The van der Waals surface area contributed by atoms with Crippen molar-refractivity contribution in [3.05, 3.63) is 47.1 Å². The van der Waals surface area contributed by atoms with Gasteiger partial charge >= 0.3 is 11.9 Å². The van der Waals surface area contributed by atoms with Crippen LogP contribution in [0.2, 0.25) is 0 Å². The van der Waals surface area contributed by atoms with E-state index in [2.05, 4.69) is 12.7 Å². The highest BCUT2D eigenvalue weighted by Crippen LogP contribution is 2.36. The van der Waals surface area contributed by atoms with E-state index in [0.29, 0.717) is 6.42 Å². The van der Waals surface area contributed by atoms with Gasteiger partial charge in [-0.1, -0.05) is 23.8 Å². The Balaban J connectivity index is 2.36. The van der Waals surface area contributed by atoms with Crippen LogP contribution in [0.5, 0.6) is 0 Å².